The number of hydrogen-bond acceptors (Lipinski definition) is 10. The summed E-state index contributed by atoms with van der Waals surface area (Å²) in [6.45, 7) is 5.81. The van der Waals surface area contributed by atoms with Crippen molar-refractivity contribution in [2.45, 2.75) is 32.5 Å². The topological polar surface area (TPSA) is 131 Å². The second kappa shape index (κ2) is 11.1. The molecule has 2 heterocycles. The predicted octanol–water partition coefficient (Wildman–Crippen LogP) is 3.17. The smallest absolute Gasteiger partial charge is 0.341 e. The fraction of sp³-hybridized carbons (Fsp3) is 0.333. The van der Waals surface area contributed by atoms with E-state index in [1.165, 1.54) is 16.0 Å². The number of nitrogens with one attached hydrogen (secondary N) is 1. The number of amides is 1. The first kappa shape index (κ1) is 24.4. The third-order valence-corrected chi connectivity index (χ3v) is 6.66. The van der Waals surface area contributed by atoms with Crippen LogP contribution in [-0.4, -0.2) is 46.2 Å². The van der Waals surface area contributed by atoms with E-state index < -0.39 is 5.97 Å². The summed E-state index contributed by atoms with van der Waals surface area (Å²) in [6.07, 6.45) is 0. The number of carbonyl (C=O) groups excluding carboxylic acids is 2. The molecule has 0 aliphatic heterocycles. The third kappa shape index (κ3) is 5.96. The van der Waals surface area contributed by atoms with Gasteiger partial charge in [0.05, 0.1) is 25.0 Å². The minimum atomic E-state index is -0.454. The number of hydrogen-bond donors (Lipinski definition) is 2. The number of anilines is 1. The van der Waals surface area contributed by atoms with Crippen LogP contribution in [-0.2, 0) is 16.1 Å². The average Bonchev–Trinajstić information content (AvgIpc) is 3.29. The quantitative estimate of drug-likeness (QED) is 0.249. The van der Waals surface area contributed by atoms with E-state index in [1.54, 1.807) is 26.2 Å². The molecule has 0 fully saturated rings. The lowest BCUT2D eigenvalue weighted by atomic mass is 10.1. The van der Waals surface area contributed by atoms with Gasteiger partial charge in [-0.3, -0.25) is 4.79 Å². The lowest BCUT2D eigenvalue weighted by Crippen LogP contribution is -2.18. The van der Waals surface area contributed by atoms with E-state index in [0.717, 1.165) is 22.2 Å². The number of nitrogen functional groups attached to an aromatic ring is 1. The Hall–Kier alpha value is -3.25. The maximum atomic E-state index is 12.5. The van der Waals surface area contributed by atoms with Crippen LogP contribution in [0.2, 0.25) is 0 Å². The fourth-order valence-electron chi connectivity index (χ4n) is 2.80. The van der Waals surface area contributed by atoms with Crippen molar-refractivity contribution < 1.29 is 23.8 Å². The van der Waals surface area contributed by atoms with Crippen LogP contribution in [0.1, 0.15) is 33.5 Å². The molecule has 3 N–H and O–H groups in total. The average molecular weight is 492 g/mol. The van der Waals surface area contributed by atoms with Crippen molar-refractivity contribution in [3.63, 3.8) is 0 Å². The largest absolute Gasteiger partial charge is 0.497 e. The molecule has 2 aromatic heterocycles. The van der Waals surface area contributed by atoms with Crippen molar-refractivity contribution in [1.82, 2.24) is 14.9 Å². The number of carbonyl (C=O) groups is 2. The Kier molecular flexibility index (Phi) is 8.17. The molecule has 0 spiro atoms. The second-order valence-electron chi connectivity index (χ2n) is 6.78. The standard InChI is InChI=1S/C21H25N5O5S2/c1-5-30-20(28)18-12(2)13(3)33-19(18)23-17(27)11-32-21-25-24-16(26(21)22)10-31-15-8-6-7-14(9-15)29-4/h6-9H,5,10-11,22H2,1-4H3,(H,23,27). The molecule has 3 aromatic rings. The SMILES string of the molecule is CCOC(=O)c1c(NC(=O)CSc2nnc(COc3cccc(OC)c3)n2N)sc(C)c1C. The number of aromatic nitrogens is 3. The monoisotopic (exact) mass is 491 g/mol. The number of thiophene rings is 1. The number of rotatable bonds is 10. The minimum absolute atomic E-state index is 0.0321. The molecular formula is C21H25N5O5S2. The van der Waals surface area contributed by atoms with Gasteiger partial charge < -0.3 is 25.4 Å². The first-order valence-electron chi connectivity index (χ1n) is 10.00. The molecule has 33 heavy (non-hydrogen) atoms. The van der Waals surface area contributed by atoms with E-state index in [9.17, 15) is 9.59 Å². The summed E-state index contributed by atoms with van der Waals surface area (Å²) in [6, 6.07) is 7.16. The van der Waals surface area contributed by atoms with Crippen LogP contribution in [0.3, 0.4) is 0 Å². The Morgan fingerprint density at radius 3 is 2.73 bits per heavy atom. The van der Waals surface area contributed by atoms with E-state index in [4.69, 9.17) is 20.1 Å². The molecule has 0 saturated carbocycles. The Morgan fingerprint density at radius 1 is 1.24 bits per heavy atom. The molecule has 0 saturated heterocycles. The Labute approximate surface area is 199 Å². The van der Waals surface area contributed by atoms with Crippen molar-refractivity contribution in [1.29, 1.82) is 0 Å². The van der Waals surface area contributed by atoms with Gasteiger partial charge in [-0.25, -0.2) is 9.47 Å². The van der Waals surface area contributed by atoms with Gasteiger partial charge in [-0.2, -0.15) is 0 Å². The van der Waals surface area contributed by atoms with Crippen LogP contribution < -0.4 is 20.6 Å². The maximum absolute atomic E-state index is 12.5. The molecular weight excluding hydrogens is 466 g/mol. The van der Waals surface area contributed by atoms with Gasteiger partial charge in [-0.05, 0) is 38.5 Å². The summed E-state index contributed by atoms with van der Waals surface area (Å²) in [5.41, 5.74) is 1.18. The number of thioether (sulfide) groups is 1. The Morgan fingerprint density at radius 2 is 2.00 bits per heavy atom. The van der Waals surface area contributed by atoms with Crippen LogP contribution in [0.4, 0.5) is 5.00 Å². The van der Waals surface area contributed by atoms with Gasteiger partial charge >= 0.3 is 5.97 Å². The highest BCUT2D eigenvalue weighted by Gasteiger charge is 2.22. The van der Waals surface area contributed by atoms with Gasteiger partial charge in [-0.15, -0.1) is 21.5 Å². The lowest BCUT2D eigenvalue weighted by Gasteiger charge is -2.08. The zero-order valence-electron chi connectivity index (χ0n) is 18.7. The molecule has 10 nitrogen and oxygen atoms in total. The predicted molar refractivity (Wildman–Crippen MR) is 127 cm³/mol. The number of benzene rings is 1. The van der Waals surface area contributed by atoms with Crippen LogP contribution in [0.15, 0.2) is 29.4 Å². The molecule has 1 amide bonds. The van der Waals surface area contributed by atoms with Gasteiger partial charge in [0, 0.05) is 10.9 Å². The fourth-order valence-corrected chi connectivity index (χ4v) is 4.54. The Balaban J connectivity index is 1.59. The van der Waals surface area contributed by atoms with Gasteiger partial charge in [0.2, 0.25) is 11.1 Å². The molecule has 176 valence electrons. The summed E-state index contributed by atoms with van der Waals surface area (Å²) < 4.78 is 17.2. The number of ether oxygens (including phenoxy) is 3. The highest BCUT2D eigenvalue weighted by Crippen LogP contribution is 2.33. The molecule has 12 heteroatoms. The van der Waals surface area contributed by atoms with Crippen molar-refractivity contribution in [2.75, 3.05) is 30.6 Å². The van der Waals surface area contributed by atoms with E-state index >= 15 is 0 Å². The molecule has 0 atom stereocenters. The minimum Gasteiger partial charge on any atom is -0.497 e. The molecule has 1 aromatic carbocycles. The molecule has 0 bridgehead atoms. The highest BCUT2D eigenvalue weighted by atomic mass is 32.2. The van der Waals surface area contributed by atoms with Crippen LogP contribution in [0, 0.1) is 13.8 Å². The number of nitrogens with two attached hydrogens (primary N) is 1. The number of aryl methyl sites for hydroxylation is 1. The van der Waals surface area contributed by atoms with Gasteiger partial charge in [0.1, 0.15) is 23.1 Å². The normalized spacial score (nSPS) is 10.7. The Bertz CT molecular complexity index is 1140. The zero-order chi connectivity index (χ0) is 24.0. The van der Waals surface area contributed by atoms with Crippen molar-refractivity contribution in [3.8, 4) is 11.5 Å². The summed E-state index contributed by atoms with van der Waals surface area (Å²) >= 11 is 2.46. The van der Waals surface area contributed by atoms with Crippen molar-refractivity contribution in [3.05, 3.63) is 46.1 Å². The molecule has 0 radical (unpaired) electrons. The van der Waals surface area contributed by atoms with Crippen LogP contribution in [0.5, 0.6) is 11.5 Å². The summed E-state index contributed by atoms with van der Waals surface area (Å²) in [5, 5.41) is 11.7. The number of methoxy groups -OCH3 is 1. The van der Waals surface area contributed by atoms with E-state index in [-0.39, 0.29) is 24.9 Å². The van der Waals surface area contributed by atoms with E-state index in [0.29, 0.717) is 33.0 Å². The first-order chi connectivity index (χ1) is 15.8. The molecule has 0 unspecified atom stereocenters. The number of nitrogens with zero attached hydrogens (tertiary/aromatic N) is 3. The third-order valence-electron chi connectivity index (χ3n) is 4.59. The summed E-state index contributed by atoms with van der Waals surface area (Å²) in [7, 11) is 1.58. The lowest BCUT2D eigenvalue weighted by molar-refractivity contribution is -0.113. The summed E-state index contributed by atoms with van der Waals surface area (Å²) in [5.74, 6) is 7.01. The molecule has 0 aliphatic carbocycles. The molecule has 3 rings (SSSR count). The maximum Gasteiger partial charge on any atom is 0.341 e. The van der Waals surface area contributed by atoms with Gasteiger partial charge in [-0.1, -0.05) is 17.8 Å². The highest BCUT2D eigenvalue weighted by molar-refractivity contribution is 7.99. The van der Waals surface area contributed by atoms with Crippen LogP contribution in [0.25, 0.3) is 0 Å². The van der Waals surface area contributed by atoms with Crippen LogP contribution >= 0.6 is 23.1 Å². The van der Waals surface area contributed by atoms with Gasteiger partial charge in [0.25, 0.3) is 0 Å². The van der Waals surface area contributed by atoms with Crippen molar-refractivity contribution in [2.24, 2.45) is 0 Å². The number of esters is 1. The summed E-state index contributed by atoms with van der Waals surface area (Å²) in [4.78, 5) is 25.7. The van der Waals surface area contributed by atoms with Crippen molar-refractivity contribution >= 4 is 40.0 Å². The molecule has 0 aliphatic rings. The van der Waals surface area contributed by atoms with E-state index in [2.05, 4.69) is 15.5 Å². The van der Waals surface area contributed by atoms with E-state index in [1.807, 2.05) is 26.0 Å². The zero-order valence-corrected chi connectivity index (χ0v) is 20.3. The second-order valence-corrected chi connectivity index (χ2v) is 8.95. The first-order valence-corrected chi connectivity index (χ1v) is 11.8. The van der Waals surface area contributed by atoms with Gasteiger partial charge in [0.15, 0.2) is 5.82 Å².